The zero-order chi connectivity index (χ0) is 12.1. The van der Waals surface area contributed by atoms with Gasteiger partial charge in [0, 0.05) is 24.2 Å². The molecule has 0 unspecified atom stereocenters. The Labute approximate surface area is 98.8 Å². The SMILES string of the molecule is N=C(N)c1cccnc1OCc1cccnc1. The molecule has 17 heavy (non-hydrogen) atoms. The molecule has 2 aromatic heterocycles. The lowest BCUT2D eigenvalue weighted by Gasteiger charge is -2.08. The standard InChI is InChI=1S/C12H12N4O/c13-11(14)10-4-2-6-16-12(10)17-8-9-3-1-5-15-7-9/h1-7H,8H2,(H3,13,14). The normalized spacial score (nSPS) is 9.88. The maximum atomic E-state index is 7.40. The van der Waals surface area contributed by atoms with Crippen LogP contribution in [0.3, 0.4) is 0 Å². The van der Waals surface area contributed by atoms with Crippen LogP contribution in [0.1, 0.15) is 11.1 Å². The maximum absolute atomic E-state index is 7.40. The molecule has 0 spiro atoms. The zero-order valence-corrected chi connectivity index (χ0v) is 9.13. The van der Waals surface area contributed by atoms with E-state index in [0.29, 0.717) is 18.1 Å². The van der Waals surface area contributed by atoms with Crippen molar-refractivity contribution in [2.75, 3.05) is 0 Å². The highest BCUT2D eigenvalue weighted by Crippen LogP contribution is 2.14. The first-order chi connectivity index (χ1) is 8.27. The lowest BCUT2D eigenvalue weighted by atomic mass is 10.2. The predicted molar refractivity (Wildman–Crippen MR) is 63.8 cm³/mol. The third kappa shape index (κ3) is 2.78. The lowest BCUT2D eigenvalue weighted by molar-refractivity contribution is 0.293. The van der Waals surface area contributed by atoms with E-state index in [9.17, 15) is 0 Å². The highest BCUT2D eigenvalue weighted by Gasteiger charge is 2.07. The summed E-state index contributed by atoms with van der Waals surface area (Å²) in [6, 6.07) is 7.16. The van der Waals surface area contributed by atoms with Crippen LogP contribution in [0.2, 0.25) is 0 Å². The van der Waals surface area contributed by atoms with Crippen molar-refractivity contribution < 1.29 is 4.74 Å². The largest absolute Gasteiger partial charge is 0.472 e. The fourth-order valence-electron chi connectivity index (χ4n) is 1.35. The minimum Gasteiger partial charge on any atom is -0.472 e. The Balaban J connectivity index is 2.12. The second-order valence-corrected chi connectivity index (χ2v) is 3.42. The van der Waals surface area contributed by atoms with Crippen molar-refractivity contribution in [1.29, 1.82) is 5.41 Å². The van der Waals surface area contributed by atoms with Crippen LogP contribution >= 0.6 is 0 Å². The van der Waals surface area contributed by atoms with Gasteiger partial charge in [0.15, 0.2) is 0 Å². The third-order valence-electron chi connectivity index (χ3n) is 2.16. The first-order valence-corrected chi connectivity index (χ1v) is 5.08. The van der Waals surface area contributed by atoms with Crippen molar-refractivity contribution in [1.82, 2.24) is 9.97 Å². The molecule has 2 rings (SSSR count). The highest BCUT2D eigenvalue weighted by molar-refractivity contribution is 5.96. The summed E-state index contributed by atoms with van der Waals surface area (Å²) in [5.41, 5.74) is 6.87. The highest BCUT2D eigenvalue weighted by atomic mass is 16.5. The van der Waals surface area contributed by atoms with E-state index in [4.69, 9.17) is 15.9 Å². The number of aromatic nitrogens is 2. The smallest absolute Gasteiger partial charge is 0.224 e. The van der Waals surface area contributed by atoms with Gasteiger partial charge < -0.3 is 10.5 Å². The number of ether oxygens (including phenoxy) is 1. The van der Waals surface area contributed by atoms with E-state index >= 15 is 0 Å². The molecule has 2 heterocycles. The first kappa shape index (κ1) is 11.1. The summed E-state index contributed by atoms with van der Waals surface area (Å²) in [4.78, 5) is 8.04. The third-order valence-corrected chi connectivity index (χ3v) is 2.16. The molecule has 0 saturated carbocycles. The average Bonchev–Trinajstić information content (AvgIpc) is 2.38. The van der Waals surface area contributed by atoms with Crippen LogP contribution in [0.5, 0.6) is 5.88 Å². The van der Waals surface area contributed by atoms with Gasteiger partial charge in [0.25, 0.3) is 0 Å². The van der Waals surface area contributed by atoms with E-state index in [1.54, 1.807) is 30.7 Å². The first-order valence-electron chi connectivity index (χ1n) is 5.08. The lowest BCUT2D eigenvalue weighted by Crippen LogP contribution is -2.13. The van der Waals surface area contributed by atoms with E-state index in [-0.39, 0.29) is 5.84 Å². The number of amidine groups is 1. The molecule has 0 aliphatic rings. The molecular formula is C12H12N4O. The monoisotopic (exact) mass is 228 g/mol. The van der Waals surface area contributed by atoms with Gasteiger partial charge in [0.2, 0.25) is 5.88 Å². The van der Waals surface area contributed by atoms with E-state index in [2.05, 4.69) is 9.97 Å². The summed E-state index contributed by atoms with van der Waals surface area (Å²) >= 11 is 0. The second-order valence-electron chi connectivity index (χ2n) is 3.42. The number of pyridine rings is 2. The number of rotatable bonds is 4. The molecule has 0 aromatic carbocycles. The number of nitrogens with one attached hydrogen (secondary N) is 1. The van der Waals surface area contributed by atoms with E-state index < -0.39 is 0 Å². The molecule has 2 aromatic rings. The molecule has 5 nitrogen and oxygen atoms in total. The Hall–Kier alpha value is -2.43. The molecule has 0 fully saturated rings. The molecule has 0 radical (unpaired) electrons. The Morgan fingerprint density at radius 3 is 2.82 bits per heavy atom. The van der Waals surface area contributed by atoms with Crippen LogP contribution in [0.25, 0.3) is 0 Å². The average molecular weight is 228 g/mol. The van der Waals surface area contributed by atoms with Crippen LogP contribution in [0.4, 0.5) is 0 Å². The minimum absolute atomic E-state index is 0.0562. The number of hydrogen-bond donors (Lipinski definition) is 2. The predicted octanol–water partition coefficient (Wildman–Crippen LogP) is 1.34. The van der Waals surface area contributed by atoms with Gasteiger partial charge >= 0.3 is 0 Å². The number of nitrogens with two attached hydrogens (primary N) is 1. The van der Waals surface area contributed by atoms with Crippen molar-refractivity contribution in [2.24, 2.45) is 5.73 Å². The fraction of sp³-hybridized carbons (Fsp3) is 0.0833. The number of hydrogen-bond acceptors (Lipinski definition) is 4. The van der Waals surface area contributed by atoms with Crippen LogP contribution in [-0.4, -0.2) is 15.8 Å². The topological polar surface area (TPSA) is 84.9 Å². The molecule has 0 bridgehead atoms. The van der Waals surface area contributed by atoms with Gasteiger partial charge in [0.05, 0.1) is 5.56 Å². The Bertz CT molecular complexity index is 513. The summed E-state index contributed by atoms with van der Waals surface area (Å²) in [6.07, 6.45) is 5.02. The van der Waals surface area contributed by atoms with Crippen molar-refractivity contribution >= 4 is 5.84 Å². The van der Waals surface area contributed by atoms with Crippen molar-refractivity contribution in [3.05, 3.63) is 54.0 Å². The van der Waals surface area contributed by atoms with Gasteiger partial charge in [-0.2, -0.15) is 0 Å². The molecule has 0 atom stereocenters. The van der Waals surface area contributed by atoms with Gasteiger partial charge in [-0.25, -0.2) is 4.98 Å². The molecule has 0 aliphatic heterocycles. The Morgan fingerprint density at radius 1 is 1.29 bits per heavy atom. The Morgan fingerprint density at radius 2 is 2.12 bits per heavy atom. The van der Waals surface area contributed by atoms with Gasteiger partial charge in [0.1, 0.15) is 12.4 Å². The van der Waals surface area contributed by atoms with Crippen LogP contribution in [-0.2, 0) is 6.61 Å². The molecule has 0 saturated heterocycles. The summed E-state index contributed by atoms with van der Waals surface area (Å²) in [7, 11) is 0. The molecule has 0 aliphatic carbocycles. The molecule has 0 amide bonds. The molecule has 5 heteroatoms. The van der Waals surface area contributed by atoms with Crippen LogP contribution < -0.4 is 10.5 Å². The summed E-state index contributed by atoms with van der Waals surface area (Å²) < 4.78 is 5.51. The maximum Gasteiger partial charge on any atom is 0.224 e. The van der Waals surface area contributed by atoms with Crippen molar-refractivity contribution in [2.45, 2.75) is 6.61 Å². The fourth-order valence-corrected chi connectivity index (χ4v) is 1.35. The molecular weight excluding hydrogens is 216 g/mol. The molecule has 3 N–H and O–H groups in total. The van der Waals surface area contributed by atoms with E-state index in [1.807, 2.05) is 12.1 Å². The quantitative estimate of drug-likeness (QED) is 0.610. The van der Waals surface area contributed by atoms with Crippen molar-refractivity contribution in [3.8, 4) is 5.88 Å². The summed E-state index contributed by atoms with van der Waals surface area (Å²) in [5, 5.41) is 7.40. The van der Waals surface area contributed by atoms with Gasteiger partial charge in [-0.15, -0.1) is 0 Å². The number of nitrogen functional groups attached to an aromatic ring is 1. The van der Waals surface area contributed by atoms with Crippen LogP contribution in [0.15, 0.2) is 42.9 Å². The van der Waals surface area contributed by atoms with Crippen LogP contribution in [0, 0.1) is 5.41 Å². The van der Waals surface area contributed by atoms with Gasteiger partial charge in [-0.05, 0) is 18.2 Å². The zero-order valence-electron chi connectivity index (χ0n) is 9.13. The summed E-state index contributed by atoms with van der Waals surface area (Å²) in [6.45, 7) is 0.352. The van der Waals surface area contributed by atoms with Gasteiger partial charge in [-0.1, -0.05) is 6.07 Å². The summed E-state index contributed by atoms with van der Waals surface area (Å²) in [5.74, 6) is 0.308. The molecule has 86 valence electrons. The van der Waals surface area contributed by atoms with Gasteiger partial charge in [-0.3, -0.25) is 10.4 Å². The minimum atomic E-state index is -0.0562. The number of nitrogens with zero attached hydrogens (tertiary/aromatic N) is 2. The Kier molecular flexibility index (Phi) is 3.30. The second kappa shape index (κ2) is 5.07. The van der Waals surface area contributed by atoms with Crippen molar-refractivity contribution in [3.63, 3.8) is 0 Å². The van der Waals surface area contributed by atoms with E-state index in [0.717, 1.165) is 5.56 Å². The van der Waals surface area contributed by atoms with E-state index in [1.165, 1.54) is 0 Å².